The number of nitrogens with one attached hydrogen (secondary N) is 2. The van der Waals surface area contributed by atoms with Crippen molar-refractivity contribution >= 4 is 29.0 Å². The van der Waals surface area contributed by atoms with Gasteiger partial charge in [0.05, 0.1) is 23.3 Å². The van der Waals surface area contributed by atoms with E-state index in [1.807, 2.05) is 36.4 Å². The van der Waals surface area contributed by atoms with Gasteiger partial charge in [0.25, 0.3) is 6.01 Å². The summed E-state index contributed by atoms with van der Waals surface area (Å²) < 4.78 is 5.80. The van der Waals surface area contributed by atoms with E-state index in [9.17, 15) is 4.79 Å². The van der Waals surface area contributed by atoms with E-state index in [0.717, 1.165) is 23.1 Å². The fourth-order valence-corrected chi connectivity index (χ4v) is 3.59. The first-order valence-corrected chi connectivity index (χ1v) is 9.12. The third kappa shape index (κ3) is 2.70. The maximum Gasteiger partial charge on any atom is 0.324 e. The number of urea groups is 1. The molecule has 2 aromatic heterocycles. The van der Waals surface area contributed by atoms with Crippen LogP contribution in [0.2, 0.25) is 0 Å². The first kappa shape index (κ1) is 16.5. The normalized spacial score (nSPS) is 20.8. The van der Waals surface area contributed by atoms with Crippen LogP contribution in [0.1, 0.15) is 13.3 Å². The van der Waals surface area contributed by atoms with Crippen LogP contribution in [0.25, 0.3) is 11.0 Å². The van der Waals surface area contributed by atoms with Gasteiger partial charge < -0.3 is 15.0 Å². The summed E-state index contributed by atoms with van der Waals surface area (Å²) in [5.41, 5.74) is 3.54. The van der Waals surface area contributed by atoms with Crippen LogP contribution in [0.3, 0.4) is 0 Å². The standard InChI is InChI=1S/C20H18N6O2/c1-2-12-7-10-22-18-17(12)25-20(27)26(18)13-3-5-14(6-4-13)28-19-23-15-8-9-21-11-16(15)24-19/h3-11,17-18H,2H2,1H3,(H,23,24)(H,25,27). The highest BCUT2D eigenvalue weighted by Gasteiger charge is 2.42. The molecule has 0 spiro atoms. The summed E-state index contributed by atoms with van der Waals surface area (Å²) in [6.45, 7) is 2.08. The summed E-state index contributed by atoms with van der Waals surface area (Å²) in [5.74, 6) is 0.619. The number of imidazole rings is 1. The topological polar surface area (TPSA) is 95.5 Å². The summed E-state index contributed by atoms with van der Waals surface area (Å²) in [5, 5.41) is 3.03. The van der Waals surface area contributed by atoms with E-state index < -0.39 is 0 Å². The lowest BCUT2D eigenvalue weighted by atomic mass is 10.0. The largest absolute Gasteiger partial charge is 0.426 e. The van der Waals surface area contributed by atoms with Gasteiger partial charge in [-0.1, -0.05) is 6.92 Å². The number of H-pyrrole nitrogens is 1. The van der Waals surface area contributed by atoms with Crippen molar-refractivity contribution in [1.29, 1.82) is 0 Å². The van der Waals surface area contributed by atoms with E-state index in [0.29, 0.717) is 11.8 Å². The molecule has 3 aromatic rings. The average molecular weight is 374 g/mol. The minimum atomic E-state index is -0.262. The van der Waals surface area contributed by atoms with Crippen LogP contribution in [0.4, 0.5) is 10.5 Å². The number of aromatic amines is 1. The smallest absolute Gasteiger partial charge is 0.324 e. The second kappa shape index (κ2) is 6.49. The van der Waals surface area contributed by atoms with E-state index >= 15 is 0 Å². The number of carbonyl (C=O) groups excluding carboxylic acids is 1. The molecule has 2 aliphatic rings. The molecule has 140 valence electrons. The molecule has 8 heteroatoms. The molecule has 2 unspecified atom stereocenters. The second-order valence-corrected chi connectivity index (χ2v) is 6.63. The Labute approximate surface area is 161 Å². The summed E-state index contributed by atoms with van der Waals surface area (Å²) in [6.07, 6.45) is 7.75. The van der Waals surface area contributed by atoms with Crippen molar-refractivity contribution in [3.8, 4) is 11.8 Å². The van der Waals surface area contributed by atoms with Gasteiger partial charge in [0, 0.05) is 18.1 Å². The van der Waals surface area contributed by atoms with Gasteiger partial charge in [-0.2, -0.15) is 4.98 Å². The number of amides is 2. The Kier molecular flexibility index (Phi) is 3.82. The first-order chi connectivity index (χ1) is 13.7. The molecule has 2 atom stereocenters. The van der Waals surface area contributed by atoms with Gasteiger partial charge in [0.15, 0.2) is 6.17 Å². The number of hydrogen-bond donors (Lipinski definition) is 2. The Balaban J connectivity index is 1.37. The summed E-state index contributed by atoms with van der Waals surface area (Å²) in [6, 6.07) is 9.30. The van der Waals surface area contributed by atoms with Crippen molar-refractivity contribution in [3.05, 3.63) is 54.4 Å². The monoisotopic (exact) mass is 374 g/mol. The molecule has 0 aliphatic carbocycles. The number of benzene rings is 1. The molecular weight excluding hydrogens is 356 g/mol. The fraction of sp³-hybridized carbons (Fsp3) is 0.200. The third-order valence-electron chi connectivity index (χ3n) is 4.99. The van der Waals surface area contributed by atoms with Gasteiger partial charge in [0.2, 0.25) is 0 Å². The highest BCUT2D eigenvalue weighted by atomic mass is 16.5. The number of pyridine rings is 1. The van der Waals surface area contributed by atoms with Crippen molar-refractivity contribution < 1.29 is 9.53 Å². The predicted octanol–water partition coefficient (Wildman–Crippen LogP) is 3.40. The number of fused-ring (bicyclic) bond motifs is 2. The third-order valence-corrected chi connectivity index (χ3v) is 4.99. The van der Waals surface area contributed by atoms with E-state index in [1.165, 1.54) is 5.57 Å². The number of carbonyl (C=O) groups is 1. The molecule has 2 amide bonds. The van der Waals surface area contributed by atoms with Crippen molar-refractivity contribution in [2.24, 2.45) is 4.99 Å². The van der Waals surface area contributed by atoms with Crippen LogP contribution < -0.4 is 15.0 Å². The summed E-state index contributed by atoms with van der Waals surface area (Å²) >= 11 is 0. The number of rotatable bonds is 4. The zero-order valence-electron chi connectivity index (χ0n) is 15.2. The highest BCUT2D eigenvalue weighted by Crippen LogP contribution is 2.31. The molecule has 0 saturated carbocycles. The van der Waals surface area contributed by atoms with Crippen molar-refractivity contribution in [2.75, 3.05) is 4.90 Å². The first-order valence-electron chi connectivity index (χ1n) is 9.12. The Morgan fingerprint density at radius 3 is 2.86 bits per heavy atom. The SMILES string of the molecule is CCC1=CC=NC2C1NC(=O)N2c1ccc(Oc2nc3ccncc3[nH]2)cc1. The molecule has 0 radical (unpaired) electrons. The molecular formula is C20H18N6O2. The van der Waals surface area contributed by atoms with Gasteiger partial charge in [-0.3, -0.25) is 14.9 Å². The van der Waals surface area contributed by atoms with E-state index in [-0.39, 0.29) is 18.2 Å². The fourth-order valence-electron chi connectivity index (χ4n) is 3.59. The molecule has 0 bridgehead atoms. The van der Waals surface area contributed by atoms with Crippen LogP contribution in [0, 0.1) is 0 Å². The molecule has 4 heterocycles. The highest BCUT2D eigenvalue weighted by molar-refractivity contribution is 5.97. The number of allylic oxidation sites excluding steroid dienone is 1. The van der Waals surface area contributed by atoms with Gasteiger partial charge >= 0.3 is 6.03 Å². The van der Waals surface area contributed by atoms with Crippen molar-refractivity contribution in [1.82, 2.24) is 20.3 Å². The Hall–Kier alpha value is -3.68. The molecule has 8 nitrogen and oxygen atoms in total. The summed E-state index contributed by atoms with van der Waals surface area (Å²) in [7, 11) is 0. The number of aliphatic imine (C=N–C) groups is 1. The zero-order chi connectivity index (χ0) is 19.1. The molecule has 1 saturated heterocycles. The molecule has 28 heavy (non-hydrogen) atoms. The molecule has 2 N–H and O–H groups in total. The Morgan fingerprint density at radius 2 is 2.07 bits per heavy atom. The van der Waals surface area contributed by atoms with Crippen molar-refractivity contribution in [2.45, 2.75) is 25.6 Å². The lowest BCUT2D eigenvalue weighted by molar-refractivity contribution is 0.251. The van der Waals surface area contributed by atoms with Crippen LogP contribution in [0.15, 0.2) is 59.4 Å². The zero-order valence-corrected chi connectivity index (χ0v) is 15.2. The molecule has 2 aliphatic heterocycles. The van der Waals surface area contributed by atoms with Crippen LogP contribution in [-0.2, 0) is 0 Å². The minimum absolute atomic E-state index is 0.0809. The molecule has 1 fully saturated rings. The van der Waals surface area contributed by atoms with E-state index in [1.54, 1.807) is 23.5 Å². The molecule has 5 rings (SSSR count). The van der Waals surface area contributed by atoms with Gasteiger partial charge in [-0.15, -0.1) is 0 Å². The maximum absolute atomic E-state index is 12.5. The second-order valence-electron chi connectivity index (χ2n) is 6.63. The van der Waals surface area contributed by atoms with Crippen LogP contribution in [-0.4, -0.2) is 39.4 Å². The van der Waals surface area contributed by atoms with Crippen LogP contribution in [0.5, 0.6) is 11.8 Å². The predicted molar refractivity (Wildman–Crippen MR) is 106 cm³/mol. The number of anilines is 1. The maximum atomic E-state index is 12.5. The lowest BCUT2D eigenvalue weighted by Crippen LogP contribution is -2.38. The quantitative estimate of drug-likeness (QED) is 0.732. The summed E-state index contributed by atoms with van der Waals surface area (Å²) in [4.78, 5) is 30.2. The number of hydrogen-bond acceptors (Lipinski definition) is 5. The van der Waals surface area contributed by atoms with E-state index in [4.69, 9.17) is 4.74 Å². The van der Waals surface area contributed by atoms with E-state index in [2.05, 4.69) is 32.2 Å². The van der Waals surface area contributed by atoms with Crippen LogP contribution >= 0.6 is 0 Å². The number of ether oxygens (including phenoxy) is 1. The lowest BCUT2D eigenvalue weighted by Gasteiger charge is -2.26. The average Bonchev–Trinajstić information content (AvgIpc) is 3.28. The Bertz CT molecular complexity index is 1070. The van der Waals surface area contributed by atoms with Gasteiger partial charge in [0.1, 0.15) is 5.75 Å². The Morgan fingerprint density at radius 1 is 1.21 bits per heavy atom. The number of dihydropyridines is 1. The van der Waals surface area contributed by atoms with Gasteiger partial charge in [-0.05, 0) is 48.4 Å². The minimum Gasteiger partial charge on any atom is -0.426 e. The molecule has 1 aromatic carbocycles. The number of nitrogens with zero attached hydrogens (tertiary/aromatic N) is 4. The number of aromatic nitrogens is 3. The van der Waals surface area contributed by atoms with Crippen molar-refractivity contribution in [3.63, 3.8) is 0 Å². The van der Waals surface area contributed by atoms with Gasteiger partial charge in [-0.25, -0.2) is 4.79 Å².